The van der Waals surface area contributed by atoms with E-state index in [2.05, 4.69) is 242 Å². The molecule has 0 N–H and O–H groups in total. The van der Waals surface area contributed by atoms with Crippen LogP contribution in [0.1, 0.15) is 79.0 Å². The predicted molar refractivity (Wildman–Crippen MR) is 302 cm³/mol. The highest BCUT2D eigenvalue weighted by Crippen LogP contribution is 2.49. The molecule has 346 valence electrons. The molecule has 0 saturated heterocycles. The summed E-state index contributed by atoms with van der Waals surface area (Å²) in [5.41, 5.74) is 22.5. The minimum absolute atomic E-state index is 0.0190. The van der Waals surface area contributed by atoms with Crippen molar-refractivity contribution in [2.75, 3.05) is 9.80 Å². The zero-order valence-corrected chi connectivity index (χ0v) is 42.1. The Kier molecular flexibility index (Phi) is 9.37. The van der Waals surface area contributed by atoms with Gasteiger partial charge in [-0.15, -0.1) is 0 Å². The molecule has 0 atom stereocenters. The van der Waals surface area contributed by atoms with Gasteiger partial charge in [0.25, 0.3) is 6.71 Å². The average Bonchev–Trinajstić information content (AvgIpc) is 3.94. The number of para-hydroxylation sites is 4. The lowest BCUT2D eigenvalue weighted by Crippen LogP contribution is -2.61. The van der Waals surface area contributed by atoms with Crippen LogP contribution in [0, 0.1) is 0 Å². The molecule has 11 aromatic rings. The fourth-order valence-corrected chi connectivity index (χ4v) is 11.5. The standard InChI is InChI=1S/C66H57BN2O2/c1-64(2,3)42-30-32-53-55(36-42)68(45-20-14-18-40(34-45)47-24-16-26-51-49-22-10-12-28-59(49)70-62(47)51)57-38-44(66(7,8)9)39-58-61(57)67(53)54-33-31-43(65(4,5)6)37-56(54)69(58)46-21-15-19-41(35-46)48-25-17-27-52-50-23-11-13-29-60(50)71-63(48)52/h10-39H,1-9H3. The van der Waals surface area contributed by atoms with E-state index >= 15 is 0 Å². The predicted octanol–water partition coefficient (Wildman–Crippen LogP) is 16.8. The van der Waals surface area contributed by atoms with Gasteiger partial charge in [0.15, 0.2) is 0 Å². The van der Waals surface area contributed by atoms with Gasteiger partial charge in [0.2, 0.25) is 0 Å². The van der Waals surface area contributed by atoms with Gasteiger partial charge in [0.05, 0.1) is 0 Å². The maximum atomic E-state index is 6.66. The van der Waals surface area contributed by atoms with Gasteiger partial charge in [-0.25, -0.2) is 0 Å². The summed E-state index contributed by atoms with van der Waals surface area (Å²) in [6.07, 6.45) is 0. The molecule has 2 aliphatic heterocycles. The highest BCUT2D eigenvalue weighted by atomic mass is 16.3. The maximum absolute atomic E-state index is 6.66. The van der Waals surface area contributed by atoms with Gasteiger partial charge in [-0.2, -0.15) is 0 Å². The molecular formula is C66H57BN2O2. The van der Waals surface area contributed by atoms with Crippen LogP contribution in [0.4, 0.5) is 34.1 Å². The Labute approximate surface area is 417 Å². The molecule has 0 aliphatic carbocycles. The fraction of sp³-hybridized carbons (Fsp3) is 0.182. The molecule has 13 rings (SSSR count). The number of anilines is 6. The topological polar surface area (TPSA) is 32.8 Å². The molecule has 0 saturated carbocycles. The van der Waals surface area contributed by atoms with E-state index in [1.165, 1.54) is 55.8 Å². The summed E-state index contributed by atoms with van der Waals surface area (Å²) < 4.78 is 13.3. The molecule has 2 aromatic heterocycles. The van der Waals surface area contributed by atoms with Gasteiger partial charge in [0.1, 0.15) is 22.3 Å². The molecule has 0 bridgehead atoms. The Morgan fingerprint density at radius 1 is 0.352 bits per heavy atom. The van der Waals surface area contributed by atoms with Crippen molar-refractivity contribution in [3.05, 3.63) is 199 Å². The Balaban J connectivity index is 1.08. The van der Waals surface area contributed by atoms with E-state index < -0.39 is 0 Å². The van der Waals surface area contributed by atoms with Crippen molar-refractivity contribution in [3.8, 4) is 22.3 Å². The molecule has 0 spiro atoms. The van der Waals surface area contributed by atoms with Crippen molar-refractivity contribution in [2.45, 2.75) is 78.6 Å². The lowest BCUT2D eigenvalue weighted by Gasteiger charge is -2.45. The van der Waals surface area contributed by atoms with Gasteiger partial charge in [-0.1, -0.05) is 184 Å². The summed E-state index contributed by atoms with van der Waals surface area (Å²) in [7, 11) is 0. The average molecular weight is 921 g/mol. The fourth-order valence-electron chi connectivity index (χ4n) is 11.5. The third kappa shape index (κ3) is 6.80. The Morgan fingerprint density at radius 2 is 0.746 bits per heavy atom. The van der Waals surface area contributed by atoms with E-state index in [0.29, 0.717) is 0 Å². The van der Waals surface area contributed by atoms with Gasteiger partial charge in [0, 0.05) is 66.8 Å². The highest BCUT2D eigenvalue weighted by molar-refractivity contribution is 7.00. The minimum Gasteiger partial charge on any atom is -0.455 e. The lowest BCUT2D eigenvalue weighted by atomic mass is 9.33. The molecule has 9 aromatic carbocycles. The molecule has 0 unspecified atom stereocenters. The third-order valence-electron chi connectivity index (χ3n) is 15.3. The number of rotatable bonds is 4. The van der Waals surface area contributed by atoms with Crippen LogP contribution in [0.5, 0.6) is 0 Å². The smallest absolute Gasteiger partial charge is 0.252 e. The van der Waals surface area contributed by atoms with Crippen molar-refractivity contribution in [1.29, 1.82) is 0 Å². The SMILES string of the molecule is CC(C)(C)c1ccc2c(c1)N(c1cccc(-c3cccc4c3oc3ccccc34)c1)c1cc(C(C)(C)C)cc3c1B2c1ccc(C(C)(C)C)cc1N3c1cccc(-c2cccc3c2oc2ccccc23)c1. The number of hydrogen-bond donors (Lipinski definition) is 0. The molecule has 0 amide bonds. The second-order valence-electron chi connectivity index (χ2n) is 23.0. The van der Waals surface area contributed by atoms with E-state index in [0.717, 1.165) is 77.5 Å². The van der Waals surface area contributed by atoms with Crippen molar-refractivity contribution in [2.24, 2.45) is 0 Å². The summed E-state index contributed by atoms with van der Waals surface area (Å²) in [5, 5.41) is 4.52. The highest BCUT2D eigenvalue weighted by Gasteiger charge is 2.45. The van der Waals surface area contributed by atoms with Crippen LogP contribution < -0.4 is 26.2 Å². The quantitative estimate of drug-likeness (QED) is 0.165. The summed E-state index contributed by atoms with van der Waals surface area (Å²) in [6.45, 7) is 21.0. The number of hydrogen-bond acceptors (Lipinski definition) is 4. The number of furan rings is 2. The zero-order valence-electron chi connectivity index (χ0n) is 42.1. The van der Waals surface area contributed by atoms with Crippen LogP contribution in [-0.2, 0) is 16.2 Å². The molecule has 2 aliphatic rings. The van der Waals surface area contributed by atoms with Crippen molar-refractivity contribution < 1.29 is 8.83 Å². The first-order valence-corrected chi connectivity index (χ1v) is 25.2. The molecule has 71 heavy (non-hydrogen) atoms. The molecular weight excluding hydrogens is 864 g/mol. The van der Waals surface area contributed by atoms with Crippen LogP contribution in [0.3, 0.4) is 0 Å². The van der Waals surface area contributed by atoms with E-state index in [9.17, 15) is 0 Å². The van der Waals surface area contributed by atoms with Gasteiger partial charge in [-0.05, 0) is 121 Å². The van der Waals surface area contributed by atoms with Crippen molar-refractivity contribution in [1.82, 2.24) is 0 Å². The molecule has 5 heteroatoms. The van der Waals surface area contributed by atoms with Crippen LogP contribution in [0.2, 0.25) is 0 Å². The second kappa shape index (κ2) is 15.4. The molecule has 4 heterocycles. The first kappa shape index (κ1) is 43.3. The number of fused-ring (bicyclic) bond motifs is 10. The Morgan fingerprint density at radius 3 is 1.18 bits per heavy atom. The lowest BCUT2D eigenvalue weighted by molar-refractivity contribution is 0.590. The van der Waals surface area contributed by atoms with Gasteiger partial charge >= 0.3 is 0 Å². The van der Waals surface area contributed by atoms with Crippen molar-refractivity contribution in [3.63, 3.8) is 0 Å². The van der Waals surface area contributed by atoms with Crippen LogP contribution in [0.25, 0.3) is 66.1 Å². The molecule has 0 fully saturated rings. The summed E-state index contributed by atoms with van der Waals surface area (Å²) in [4.78, 5) is 5.14. The molecule has 0 radical (unpaired) electrons. The molecule has 4 nitrogen and oxygen atoms in total. The van der Waals surface area contributed by atoms with E-state index in [4.69, 9.17) is 8.83 Å². The largest absolute Gasteiger partial charge is 0.455 e. The summed E-state index contributed by atoms with van der Waals surface area (Å²) in [6, 6.07) is 67.6. The van der Waals surface area contributed by atoms with Crippen LogP contribution >= 0.6 is 0 Å². The Hall–Kier alpha value is -7.76. The van der Waals surface area contributed by atoms with E-state index in [-0.39, 0.29) is 23.0 Å². The van der Waals surface area contributed by atoms with E-state index in [1.54, 1.807) is 0 Å². The van der Waals surface area contributed by atoms with Gasteiger partial charge in [-0.3, -0.25) is 0 Å². The normalized spacial score (nSPS) is 13.6. The number of benzene rings is 9. The monoisotopic (exact) mass is 920 g/mol. The maximum Gasteiger partial charge on any atom is 0.252 e. The first-order valence-electron chi connectivity index (χ1n) is 25.2. The van der Waals surface area contributed by atoms with Crippen molar-refractivity contribution >= 4 is 101 Å². The second-order valence-corrected chi connectivity index (χ2v) is 23.0. The Bertz CT molecular complexity index is 3730. The zero-order chi connectivity index (χ0) is 48.7. The first-order chi connectivity index (χ1) is 34.1. The van der Waals surface area contributed by atoms with Crippen LogP contribution in [-0.4, -0.2) is 6.71 Å². The third-order valence-corrected chi connectivity index (χ3v) is 15.3. The minimum atomic E-state index is -0.170. The van der Waals surface area contributed by atoms with Crippen LogP contribution in [0.15, 0.2) is 191 Å². The summed E-state index contributed by atoms with van der Waals surface area (Å²) >= 11 is 0. The van der Waals surface area contributed by atoms with Gasteiger partial charge < -0.3 is 18.6 Å². The number of nitrogens with zero attached hydrogens (tertiary/aromatic N) is 2. The van der Waals surface area contributed by atoms with E-state index in [1.807, 2.05) is 12.1 Å². The summed E-state index contributed by atoms with van der Waals surface area (Å²) in [5.74, 6) is 0.